The van der Waals surface area contributed by atoms with Gasteiger partial charge in [0.05, 0.1) is 17.7 Å². The smallest absolute Gasteiger partial charge is 0.147 e. The molecule has 1 aliphatic rings. The zero-order valence-electron chi connectivity index (χ0n) is 11.8. The van der Waals surface area contributed by atoms with Crippen molar-refractivity contribution >= 4 is 17.4 Å². The van der Waals surface area contributed by atoms with Crippen LogP contribution in [0, 0.1) is 0 Å². The summed E-state index contributed by atoms with van der Waals surface area (Å²) in [5, 5.41) is 4.08. The molecule has 1 aromatic heterocycles. The highest BCUT2D eigenvalue weighted by atomic mass is 35.5. The van der Waals surface area contributed by atoms with Gasteiger partial charge in [-0.3, -0.25) is 0 Å². The normalized spacial score (nSPS) is 20.1. The Bertz CT molecular complexity index is 425. The van der Waals surface area contributed by atoms with Crippen LogP contribution in [-0.2, 0) is 11.3 Å². The molecule has 1 atom stereocenters. The van der Waals surface area contributed by atoms with Gasteiger partial charge in [0.25, 0.3) is 0 Å². The molecule has 4 nitrogen and oxygen atoms in total. The molecule has 0 amide bonds. The number of nitrogens with one attached hydrogen (secondary N) is 1. The van der Waals surface area contributed by atoms with Gasteiger partial charge in [-0.05, 0) is 18.6 Å². The molecule has 2 heterocycles. The van der Waals surface area contributed by atoms with E-state index in [2.05, 4.69) is 36.0 Å². The lowest BCUT2D eigenvalue weighted by Crippen LogP contribution is -2.41. The molecule has 5 heteroatoms. The maximum absolute atomic E-state index is 6.35. The molecule has 19 heavy (non-hydrogen) atoms. The third kappa shape index (κ3) is 4.06. The molecule has 0 radical (unpaired) electrons. The molecule has 1 aromatic rings. The van der Waals surface area contributed by atoms with Crippen molar-refractivity contribution in [1.82, 2.24) is 10.3 Å². The van der Waals surface area contributed by atoms with Crippen molar-refractivity contribution in [3.05, 3.63) is 22.8 Å². The minimum absolute atomic E-state index is 0.230. The van der Waals surface area contributed by atoms with Crippen LogP contribution in [0.1, 0.15) is 26.3 Å². The molecule has 1 fully saturated rings. The Hall–Kier alpha value is -0.840. The summed E-state index contributed by atoms with van der Waals surface area (Å²) in [5.41, 5.74) is 1.11. The van der Waals surface area contributed by atoms with Gasteiger partial charge in [-0.2, -0.15) is 0 Å². The van der Waals surface area contributed by atoms with Crippen LogP contribution in [0.5, 0.6) is 0 Å². The standard InChI is InChI=1S/C14H22ClN3O/c1-10(2)16-7-12-6-13(15)14(17-8-12)18-4-5-19-11(3)9-18/h6,8,10-11,16H,4-5,7,9H2,1-3H3. The summed E-state index contributed by atoms with van der Waals surface area (Å²) in [5.74, 6) is 0.866. The molecule has 0 aromatic carbocycles. The number of hydrogen-bond acceptors (Lipinski definition) is 4. The van der Waals surface area contributed by atoms with Crippen LogP contribution in [-0.4, -0.2) is 36.8 Å². The number of pyridine rings is 1. The summed E-state index contributed by atoms with van der Waals surface area (Å²) in [7, 11) is 0. The van der Waals surface area contributed by atoms with E-state index in [1.165, 1.54) is 0 Å². The van der Waals surface area contributed by atoms with Crippen molar-refractivity contribution in [2.24, 2.45) is 0 Å². The fourth-order valence-corrected chi connectivity index (χ4v) is 2.44. The number of halogens is 1. The molecule has 1 unspecified atom stereocenters. The second kappa shape index (κ2) is 6.55. The first kappa shape index (κ1) is 14.6. The van der Waals surface area contributed by atoms with Crippen molar-refractivity contribution in [3.63, 3.8) is 0 Å². The number of anilines is 1. The number of aromatic nitrogens is 1. The highest BCUT2D eigenvalue weighted by Crippen LogP contribution is 2.25. The van der Waals surface area contributed by atoms with Crippen LogP contribution in [0.15, 0.2) is 12.3 Å². The topological polar surface area (TPSA) is 37.4 Å². The molecule has 0 aliphatic carbocycles. The van der Waals surface area contributed by atoms with Crippen molar-refractivity contribution in [1.29, 1.82) is 0 Å². The molecule has 0 bridgehead atoms. The molecule has 0 spiro atoms. The molecule has 106 valence electrons. The highest BCUT2D eigenvalue weighted by Gasteiger charge is 2.20. The van der Waals surface area contributed by atoms with E-state index in [0.29, 0.717) is 6.04 Å². The van der Waals surface area contributed by atoms with Gasteiger partial charge in [0.2, 0.25) is 0 Å². The Kier molecular flexibility index (Phi) is 5.02. The molecule has 1 saturated heterocycles. The van der Waals surface area contributed by atoms with Gasteiger partial charge in [0.1, 0.15) is 5.82 Å². The van der Waals surface area contributed by atoms with Gasteiger partial charge in [-0.15, -0.1) is 0 Å². The number of nitrogens with zero attached hydrogens (tertiary/aromatic N) is 2. The van der Waals surface area contributed by atoms with Crippen molar-refractivity contribution < 1.29 is 4.74 Å². The van der Waals surface area contributed by atoms with E-state index < -0.39 is 0 Å². The van der Waals surface area contributed by atoms with Crippen molar-refractivity contribution in [3.8, 4) is 0 Å². The molecule has 1 N–H and O–H groups in total. The summed E-state index contributed by atoms with van der Waals surface area (Å²) in [6, 6.07) is 2.46. The van der Waals surface area contributed by atoms with Crippen LogP contribution in [0.2, 0.25) is 5.02 Å². The van der Waals surface area contributed by atoms with E-state index in [9.17, 15) is 0 Å². The quantitative estimate of drug-likeness (QED) is 0.921. The number of hydrogen-bond donors (Lipinski definition) is 1. The summed E-state index contributed by atoms with van der Waals surface area (Å²) >= 11 is 6.35. The Morgan fingerprint density at radius 1 is 1.58 bits per heavy atom. The molecule has 0 saturated carbocycles. The first-order valence-corrected chi connectivity index (χ1v) is 7.18. The van der Waals surface area contributed by atoms with E-state index >= 15 is 0 Å². The number of ether oxygens (including phenoxy) is 1. The maximum Gasteiger partial charge on any atom is 0.147 e. The Balaban J connectivity index is 2.06. The predicted octanol–water partition coefficient (Wildman–Crippen LogP) is 2.46. The second-order valence-electron chi connectivity index (χ2n) is 5.31. The molecular formula is C14H22ClN3O. The van der Waals surface area contributed by atoms with E-state index in [0.717, 1.165) is 42.6 Å². The van der Waals surface area contributed by atoms with Crippen LogP contribution < -0.4 is 10.2 Å². The van der Waals surface area contributed by atoms with Crippen molar-refractivity contribution in [2.45, 2.75) is 39.5 Å². The largest absolute Gasteiger partial charge is 0.375 e. The van der Waals surface area contributed by atoms with E-state index in [-0.39, 0.29) is 6.10 Å². The fraction of sp³-hybridized carbons (Fsp3) is 0.643. The van der Waals surface area contributed by atoms with E-state index in [1.54, 1.807) is 0 Å². The van der Waals surface area contributed by atoms with Crippen LogP contribution in [0.4, 0.5) is 5.82 Å². The summed E-state index contributed by atoms with van der Waals surface area (Å²) < 4.78 is 5.54. The lowest BCUT2D eigenvalue weighted by molar-refractivity contribution is 0.0529. The highest BCUT2D eigenvalue weighted by molar-refractivity contribution is 6.33. The second-order valence-corrected chi connectivity index (χ2v) is 5.72. The third-order valence-corrected chi connectivity index (χ3v) is 3.41. The molecule has 1 aliphatic heterocycles. The minimum atomic E-state index is 0.230. The summed E-state index contributed by atoms with van der Waals surface area (Å²) in [4.78, 5) is 6.70. The van der Waals surface area contributed by atoms with E-state index in [1.807, 2.05) is 12.3 Å². The summed E-state index contributed by atoms with van der Waals surface area (Å²) in [6.07, 6.45) is 2.13. The fourth-order valence-electron chi connectivity index (χ4n) is 2.13. The summed E-state index contributed by atoms with van der Waals surface area (Å²) in [6.45, 7) is 9.54. The zero-order chi connectivity index (χ0) is 13.8. The van der Waals surface area contributed by atoms with E-state index in [4.69, 9.17) is 16.3 Å². The van der Waals surface area contributed by atoms with Gasteiger partial charge < -0.3 is 15.0 Å². The zero-order valence-corrected chi connectivity index (χ0v) is 12.6. The predicted molar refractivity (Wildman–Crippen MR) is 78.8 cm³/mol. The number of morpholine rings is 1. The van der Waals surface area contributed by atoms with Gasteiger partial charge in [0.15, 0.2) is 0 Å². The lowest BCUT2D eigenvalue weighted by atomic mass is 10.2. The Morgan fingerprint density at radius 3 is 3.00 bits per heavy atom. The molecule has 2 rings (SSSR count). The Labute approximate surface area is 120 Å². The first-order valence-electron chi connectivity index (χ1n) is 6.80. The first-order chi connectivity index (χ1) is 9.06. The number of rotatable bonds is 4. The van der Waals surface area contributed by atoms with Crippen LogP contribution >= 0.6 is 11.6 Å². The van der Waals surface area contributed by atoms with Gasteiger partial charge in [-0.25, -0.2) is 4.98 Å². The molecular weight excluding hydrogens is 262 g/mol. The third-order valence-electron chi connectivity index (χ3n) is 3.13. The average Bonchev–Trinajstić information content (AvgIpc) is 2.36. The lowest BCUT2D eigenvalue weighted by Gasteiger charge is -2.32. The van der Waals surface area contributed by atoms with Gasteiger partial charge in [0, 0.05) is 31.9 Å². The maximum atomic E-state index is 6.35. The average molecular weight is 284 g/mol. The minimum Gasteiger partial charge on any atom is -0.375 e. The van der Waals surface area contributed by atoms with Gasteiger partial charge in [-0.1, -0.05) is 25.4 Å². The monoisotopic (exact) mass is 283 g/mol. The van der Waals surface area contributed by atoms with Crippen molar-refractivity contribution in [2.75, 3.05) is 24.6 Å². The van der Waals surface area contributed by atoms with Crippen LogP contribution in [0.3, 0.4) is 0 Å². The Morgan fingerprint density at radius 2 is 2.37 bits per heavy atom. The van der Waals surface area contributed by atoms with Gasteiger partial charge >= 0.3 is 0 Å². The SMILES string of the molecule is CC(C)NCc1cnc(N2CCOC(C)C2)c(Cl)c1. The van der Waals surface area contributed by atoms with Crippen LogP contribution in [0.25, 0.3) is 0 Å².